The number of nitrogens with one attached hydrogen (secondary N) is 1. The highest BCUT2D eigenvalue weighted by Gasteiger charge is 2.24. The van der Waals surface area contributed by atoms with Gasteiger partial charge in [-0.25, -0.2) is 4.39 Å². The summed E-state index contributed by atoms with van der Waals surface area (Å²) in [5, 5.41) is 18.5. The van der Waals surface area contributed by atoms with Gasteiger partial charge >= 0.3 is 0 Å². The van der Waals surface area contributed by atoms with Gasteiger partial charge in [0.1, 0.15) is 46.4 Å². The Balaban J connectivity index is 3.02. The third kappa shape index (κ3) is 2.54. The van der Waals surface area contributed by atoms with Crippen molar-refractivity contribution in [3.63, 3.8) is 0 Å². The Morgan fingerprint density at radius 3 is 2.30 bits per heavy atom. The van der Waals surface area contributed by atoms with Crippen molar-refractivity contribution in [1.29, 1.82) is 10.5 Å². The molecule has 1 aromatic carbocycles. The second kappa shape index (κ2) is 6.08. The normalized spacial score (nSPS) is 9.78. The zero-order chi connectivity index (χ0) is 17.1. The van der Waals surface area contributed by atoms with Crippen LogP contribution in [0.25, 0.3) is 11.1 Å². The van der Waals surface area contributed by atoms with Crippen LogP contribution in [-0.4, -0.2) is 19.2 Å². The maximum absolute atomic E-state index is 14.5. The number of nitriles is 2. The quantitative estimate of drug-likeness (QED) is 0.885. The summed E-state index contributed by atoms with van der Waals surface area (Å²) in [7, 11) is 2.63. The number of ether oxygens (including phenoxy) is 2. The first-order valence-electron chi connectivity index (χ1n) is 6.26. The van der Waals surface area contributed by atoms with E-state index in [4.69, 9.17) is 15.2 Å². The highest BCUT2D eigenvalue weighted by Crippen LogP contribution is 2.39. The number of rotatable bonds is 3. The maximum Gasteiger partial charge on any atom is 0.268 e. The van der Waals surface area contributed by atoms with E-state index < -0.39 is 16.9 Å². The second-order valence-corrected chi connectivity index (χ2v) is 4.40. The van der Waals surface area contributed by atoms with Crippen LogP contribution in [-0.2, 0) is 0 Å². The summed E-state index contributed by atoms with van der Waals surface area (Å²) in [6, 6.07) is 5.87. The molecule has 2 rings (SSSR count). The molecule has 0 amide bonds. The number of H-pyrrole nitrogens is 1. The minimum Gasteiger partial charge on any atom is -0.497 e. The Kier molecular flexibility index (Phi) is 4.19. The number of hydrogen-bond acceptors (Lipinski definition) is 6. The van der Waals surface area contributed by atoms with Gasteiger partial charge in [-0.15, -0.1) is 0 Å². The first-order valence-corrected chi connectivity index (χ1v) is 6.26. The molecule has 1 aromatic heterocycles. The molecule has 116 valence electrons. The molecule has 0 aliphatic carbocycles. The molecule has 0 aliphatic heterocycles. The van der Waals surface area contributed by atoms with Crippen LogP contribution in [0.1, 0.15) is 11.1 Å². The number of pyridine rings is 1. The van der Waals surface area contributed by atoms with E-state index in [1.54, 1.807) is 12.1 Å². The number of benzene rings is 1. The number of aromatic nitrogens is 1. The van der Waals surface area contributed by atoms with Gasteiger partial charge in [-0.1, -0.05) is 0 Å². The summed E-state index contributed by atoms with van der Waals surface area (Å²) in [6.45, 7) is 0. The van der Waals surface area contributed by atoms with Crippen LogP contribution in [0, 0.1) is 28.5 Å². The van der Waals surface area contributed by atoms with Gasteiger partial charge in [0.05, 0.1) is 19.8 Å². The maximum atomic E-state index is 14.5. The molecule has 0 bridgehead atoms. The van der Waals surface area contributed by atoms with Crippen LogP contribution in [0.2, 0.25) is 0 Å². The van der Waals surface area contributed by atoms with Crippen LogP contribution in [0.5, 0.6) is 11.5 Å². The van der Waals surface area contributed by atoms with Crippen LogP contribution in [0.15, 0.2) is 16.9 Å². The van der Waals surface area contributed by atoms with Crippen molar-refractivity contribution in [2.45, 2.75) is 0 Å². The minimum absolute atomic E-state index is 0.000139. The lowest BCUT2D eigenvalue weighted by Gasteiger charge is -2.14. The van der Waals surface area contributed by atoms with Gasteiger partial charge in [0.2, 0.25) is 0 Å². The average Bonchev–Trinajstić information content (AvgIpc) is 2.53. The van der Waals surface area contributed by atoms with Gasteiger partial charge in [0, 0.05) is 17.7 Å². The van der Waals surface area contributed by atoms with Crippen molar-refractivity contribution in [3.05, 3.63) is 39.4 Å². The Bertz CT molecular complexity index is 922. The summed E-state index contributed by atoms with van der Waals surface area (Å²) >= 11 is 0. The van der Waals surface area contributed by atoms with Gasteiger partial charge in [0.15, 0.2) is 0 Å². The van der Waals surface area contributed by atoms with Crippen LogP contribution >= 0.6 is 0 Å². The van der Waals surface area contributed by atoms with E-state index in [9.17, 15) is 19.7 Å². The van der Waals surface area contributed by atoms with E-state index in [1.165, 1.54) is 20.3 Å². The zero-order valence-corrected chi connectivity index (χ0v) is 12.2. The summed E-state index contributed by atoms with van der Waals surface area (Å²) in [4.78, 5) is 14.1. The Morgan fingerprint density at radius 2 is 1.78 bits per heavy atom. The minimum atomic E-state index is -0.823. The molecule has 0 atom stereocenters. The summed E-state index contributed by atoms with van der Waals surface area (Å²) in [5.74, 6) is -0.902. The van der Waals surface area contributed by atoms with Crippen LogP contribution < -0.4 is 20.8 Å². The van der Waals surface area contributed by atoms with E-state index in [1.807, 2.05) is 0 Å². The smallest absolute Gasteiger partial charge is 0.268 e. The first-order chi connectivity index (χ1) is 11.0. The third-order valence-corrected chi connectivity index (χ3v) is 3.20. The summed E-state index contributed by atoms with van der Waals surface area (Å²) in [6.07, 6.45) is 0. The first kappa shape index (κ1) is 15.9. The highest BCUT2D eigenvalue weighted by molar-refractivity contribution is 5.84. The lowest BCUT2D eigenvalue weighted by Crippen LogP contribution is -2.17. The fourth-order valence-electron chi connectivity index (χ4n) is 2.17. The zero-order valence-electron chi connectivity index (χ0n) is 12.2. The SMILES string of the molecule is COc1cc(F)c(-c2c(C#N)c(N)[nH]c(=O)c2C#N)c(OC)c1. The Labute approximate surface area is 130 Å². The van der Waals surface area contributed by atoms with E-state index in [2.05, 4.69) is 4.98 Å². The second-order valence-electron chi connectivity index (χ2n) is 4.40. The van der Waals surface area contributed by atoms with Gasteiger partial charge < -0.3 is 20.2 Å². The molecule has 7 nitrogen and oxygen atoms in total. The highest BCUT2D eigenvalue weighted by atomic mass is 19.1. The molecule has 0 unspecified atom stereocenters. The molecular formula is C15H11FN4O3. The van der Waals surface area contributed by atoms with Crippen LogP contribution in [0.4, 0.5) is 10.2 Å². The predicted octanol–water partition coefficient (Wildman–Crippen LogP) is 1.52. The average molecular weight is 314 g/mol. The molecule has 0 spiro atoms. The molecule has 0 saturated heterocycles. The van der Waals surface area contributed by atoms with Crippen molar-refractivity contribution >= 4 is 5.82 Å². The van der Waals surface area contributed by atoms with E-state index in [-0.39, 0.29) is 34.0 Å². The number of aromatic amines is 1. The number of halogens is 1. The monoisotopic (exact) mass is 314 g/mol. The van der Waals surface area contributed by atoms with Crippen molar-refractivity contribution < 1.29 is 13.9 Å². The largest absolute Gasteiger partial charge is 0.497 e. The molecule has 8 heteroatoms. The van der Waals surface area contributed by atoms with E-state index in [0.717, 1.165) is 6.07 Å². The van der Waals surface area contributed by atoms with Gasteiger partial charge in [0.25, 0.3) is 5.56 Å². The number of anilines is 1. The molecule has 1 heterocycles. The fourth-order valence-corrected chi connectivity index (χ4v) is 2.17. The molecule has 23 heavy (non-hydrogen) atoms. The van der Waals surface area contributed by atoms with Crippen molar-refractivity contribution in [2.75, 3.05) is 20.0 Å². The third-order valence-electron chi connectivity index (χ3n) is 3.20. The van der Waals surface area contributed by atoms with Crippen molar-refractivity contribution in [3.8, 4) is 34.8 Å². The fraction of sp³-hybridized carbons (Fsp3) is 0.133. The molecule has 2 aromatic rings. The molecule has 0 saturated carbocycles. The number of hydrogen-bond donors (Lipinski definition) is 2. The lowest BCUT2D eigenvalue weighted by molar-refractivity contribution is 0.390. The van der Waals surface area contributed by atoms with Crippen molar-refractivity contribution in [1.82, 2.24) is 4.98 Å². The molecule has 0 aliphatic rings. The lowest BCUT2D eigenvalue weighted by atomic mass is 9.95. The number of nitrogen functional groups attached to an aromatic ring is 1. The van der Waals surface area contributed by atoms with E-state index in [0.29, 0.717) is 0 Å². The molecule has 0 fully saturated rings. The summed E-state index contributed by atoms with van der Waals surface area (Å²) in [5.41, 5.74) is 3.72. The van der Waals surface area contributed by atoms with Gasteiger partial charge in [-0.2, -0.15) is 10.5 Å². The Morgan fingerprint density at radius 1 is 1.13 bits per heavy atom. The summed E-state index contributed by atoms with van der Waals surface area (Å²) < 4.78 is 24.6. The van der Waals surface area contributed by atoms with Crippen molar-refractivity contribution in [2.24, 2.45) is 0 Å². The van der Waals surface area contributed by atoms with Crippen LogP contribution in [0.3, 0.4) is 0 Å². The number of nitrogens with two attached hydrogens (primary N) is 1. The topological polar surface area (TPSA) is 125 Å². The number of nitrogens with zero attached hydrogens (tertiary/aromatic N) is 2. The molecular weight excluding hydrogens is 303 g/mol. The van der Waals surface area contributed by atoms with Gasteiger partial charge in [-0.3, -0.25) is 4.79 Å². The molecule has 0 radical (unpaired) electrons. The van der Waals surface area contributed by atoms with Gasteiger partial charge in [-0.05, 0) is 0 Å². The molecule has 3 N–H and O–H groups in total. The Hall–Kier alpha value is -3.52. The standard InChI is InChI=1S/C15H11FN4O3/c1-22-7-3-10(16)13(11(4-7)23-2)12-8(5-17)14(19)20-15(21)9(12)6-18/h3-4H,1-2H3,(H3,19,20,21). The number of methoxy groups -OCH3 is 2. The predicted molar refractivity (Wildman–Crippen MR) is 79.4 cm³/mol. The van der Waals surface area contributed by atoms with E-state index >= 15 is 0 Å².